The minimum absolute atomic E-state index is 0.159. The molecule has 29 heavy (non-hydrogen) atoms. The maximum Gasteiger partial charge on any atom is 0.341 e. The lowest BCUT2D eigenvalue weighted by atomic mass is 10.1. The first kappa shape index (κ1) is 26.0. The average molecular weight is 487 g/mol. The van der Waals surface area contributed by atoms with Gasteiger partial charge in [0, 0.05) is 5.92 Å². The number of rotatable bonds is 9. The summed E-state index contributed by atoms with van der Waals surface area (Å²) in [6.07, 6.45) is -1.13. The van der Waals surface area contributed by atoms with E-state index in [-0.39, 0.29) is 41.3 Å². The number of amides is 1. The Morgan fingerprint density at radius 2 is 1.79 bits per heavy atom. The van der Waals surface area contributed by atoms with Gasteiger partial charge in [-0.3, -0.25) is 9.59 Å². The van der Waals surface area contributed by atoms with Crippen molar-refractivity contribution in [1.29, 1.82) is 0 Å². The Balaban J connectivity index is 3.40. The van der Waals surface area contributed by atoms with Crippen LogP contribution in [0.5, 0.6) is 0 Å². The van der Waals surface area contributed by atoms with Gasteiger partial charge < -0.3 is 20.3 Å². The molecule has 0 bridgehead atoms. The van der Waals surface area contributed by atoms with E-state index in [1.165, 1.54) is 0 Å². The van der Waals surface area contributed by atoms with E-state index < -0.39 is 15.9 Å². The fourth-order valence-electron chi connectivity index (χ4n) is 2.33. The molecule has 1 aromatic rings. The molecular weight excluding hydrogens is 461 g/mol. The van der Waals surface area contributed by atoms with Crippen molar-refractivity contribution in [3.05, 3.63) is 16.0 Å². The third-order valence-electron chi connectivity index (χ3n) is 3.75. The summed E-state index contributed by atoms with van der Waals surface area (Å²) in [6, 6.07) is 0. The second-order valence-electron chi connectivity index (χ2n) is 6.92. The Bertz CT molecular complexity index is 760. The van der Waals surface area contributed by atoms with E-state index in [4.69, 9.17) is 39.5 Å². The van der Waals surface area contributed by atoms with Crippen molar-refractivity contribution in [3.8, 4) is 0 Å². The van der Waals surface area contributed by atoms with Crippen LogP contribution in [-0.2, 0) is 9.53 Å². The first-order valence-corrected chi connectivity index (χ1v) is 10.9. The number of hydrogen-bond acceptors (Lipinski definition) is 7. The summed E-state index contributed by atoms with van der Waals surface area (Å²) in [6.45, 7) is 7.06. The predicted molar refractivity (Wildman–Crippen MR) is 119 cm³/mol. The predicted octanol–water partition coefficient (Wildman–Crippen LogP) is 3.86. The van der Waals surface area contributed by atoms with Crippen LogP contribution in [0.15, 0.2) is 0 Å². The van der Waals surface area contributed by atoms with Gasteiger partial charge in [0.25, 0.3) is 0 Å². The molecule has 164 valence electrons. The molecular formula is C18H26Cl3N3O4S. The van der Waals surface area contributed by atoms with E-state index in [9.17, 15) is 14.4 Å². The van der Waals surface area contributed by atoms with Crippen LogP contribution < -0.4 is 10.6 Å². The Kier molecular flexibility index (Phi) is 9.69. The zero-order chi connectivity index (χ0) is 22.5. The van der Waals surface area contributed by atoms with Crippen molar-refractivity contribution in [2.24, 2.45) is 5.92 Å². The van der Waals surface area contributed by atoms with Crippen LogP contribution in [-0.4, -0.2) is 59.8 Å². The fourth-order valence-corrected chi connectivity index (χ4v) is 3.81. The normalized spacial score (nSPS) is 12.8. The minimum Gasteiger partial charge on any atom is -0.462 e. The van der Waals surface area contributed by atoms with Crippen LogP contribution in [0.4, 0.5) is 5.00 Å². The topological polar surface area (TPSA) is 87.7 Å². The van der Waals surface area contributed by atoms with Gasteiger partial charge in [0.1, 0.15) is 11.2 Å². The van der Waals surface area contributed by atoms with Gasteiger partial charge in [0.15, 0.2) is 5.78 Å². The molecule has 0 saturated carbocycles. The smallest absolute Gasteiger partial charge is 0.341 e. The summed E-state index contributed by atoms with van der Waals surface area (Å²) in [5.74, 6) is -1.46. The first-order chi connectivity index (χ1) is 13.3. The maximum atomic E-state index is 12.6. The number of likely N-dealkylation sites (N-methyl/N-ethyl adjacent to an activating group) is 1. The monoisotopic (exact) mass is 485 g/mol. The van der Waals surface area contributed by atoms with Gasteiger partial charge >= 0.3 is 5.97 Å². The molecule has 0 fully saturated rings. The number of halogens is 3. The van der Waals surface area contributed by atoms with Crippen molar-refractivity contribution in [1.82, 2.24) is 10.2 Å². The number of carbonyl (C=O) groups excluding carboxylic acids is 3. The molecule has 7 nitrogen and oxygen atoms in total. The second kappa shape index (κ2) is 10.8. The number of thiophene rings is 1. The molecule has 0 aromatic carbocycles. The van der Waals surface area contributed by atoms with Gasteiger partial charge in [0.2, 0.25) is 9.70 Å². The number of hydrogen-bond donors (Lipinski definition) is 2. The summed E-state index contributed by atoms with van der Waals surface area (Å²) in [5.41, 5.74) is 0.651. The van der Waals surface area contributed by atoms with Gasteiger partial charge in [0.05, 0.1) is 23.6 Å². The third kappa shape index (κ3) is 7.29. The summed E-state index contributed by atoms with van der Waals surface area (Å²) < 4.78 is 3.22. The van der Waals surface area contributed by atoms with Crippen molar-refractivity contribution >= 4 is 68.8 Å². The van der Waals surface area contributed by atoms with Crippen LogP contribution in [0.2, 0.25) is 0 Å². The minimum atomic E-state index is -1.91. The lowest BCUT2D eigenvalue weighted by Gasteiger charge is -2.28. The van der Waals surface area contributed by atoms with E-state index in [1.807, 2.05) is 0 Å². The lowest BCUT2D eigenvalue weighted by Crippen LogP contribution is -2.50. The van der Waals surface area contributed by atoms with Gasteiger partial charge in [-0.2, -0.15) is 0 Å². The number of nitrogens with one attached hydrogen (secondary N) is 2. The van der Waals surface area contributed by atoms with E-state index in [0.29, 0.717) is 10.4 Å². The maximum absolute atomic E-state index is 12.6. The molecule has 1 aromatic heterocycles. The Hall–Kier alpha value is -1.06. The van der Waals surface area contributed by atoms with Crippen LogP contribution in [0.3, 0.4) is 0 Å². The number of esters is 1. The highest BCUT2D eigenvalue weighted by molar-refractivity contribution is 7.18. The average Bonchev–Trinajstić information content (AvgIpc) is 2.89. The summed E-state index contributed by atoms with van der Waals surface area (Å²) in [7, 11) is 3.54. The highest BCUT2D eigenvalue weighted by Gasteiger charge is 2.37. The molecule has 0 radical (unpaired) electrons. The number of ether oxygens (including phenoxy) is 1. The largest absolute Gasteiger partial charge is 0.462 e. The Morgan fingerprint density at radius 1 is 1.21 bits per heavy atom. The SMILES string of the molecule is CCOC(=O)c1c(NC(NC(=O)C(C)C)C(Cl)(Cl)Cl)sc(C(=O)CN(C)C)c1C. The van der Waals surface area contributed by atoms with Gasteiger partial charge in [-0.15, -0.1) is 11.3 Å². The standard InChI is InChI=1S/C18H26Cl3N3O4S/c1-7-28-16(27)12-10(4)13(11(25)8-24(5)6)29-15(12)23-17(18(19,20)21)22-14(26)9(2)3/h9,17,23H,7-8H2,1-6H3,(H,22,26). The molecule has 1 heterocycles. The quantitative estimate of drug-likeness (QED) is 0.238. The summed E-state index contributed by atoms with van der Waals surface area (Å²) >= 11 is 19.2. The second-order valence-corrected chi connectivity index (χ2v) is 10.3. The van der Waals surface area contributed by atoms with Gasteiger partial charge in [-0.1, -0.05) is 48.7 Å². The summed E-state index contributed by atoms with van der Waals surface area (Å²) in [4.78, 5) is 39.4. The fraction of sp³-hybridized carbons (Fsp3) is 0.611. The molecule has 0 aliphatic heterocycles. The molecule has 0 aliphatic rings. The van der Waals surface area contributed by atoms with Crippen LogP contribution in [0.1, 0.15) is 46.4 Å². The van der Waals surface area contributed by atoms with Crippen LogP contribution >= 0.6 is 46.1 Å². The van der Waals surface area contributed by atoms with Gasteiger partial charge in [-0.25, -0.2) is 4.79 Å². The Morgan fingerprint density at radius 3 is 2.24 bits per heavy atom. The van der Waals surface area contributed by atoms with E-state index in [0.717, 1.165) is 11.3 Å². The number of Topliss-reactive ketones (excluding diaryl/α,β-unsaturated/α-hetero) is 1. The molecule has 1 amide bonds. The lowest BCUT2D eigenvalue weighted by molar-refractivity contribution is -0.124. The molecule has 0 spiro atoms. The van der Waals surface area contributed by atoms with Crippen molar-refractivity contribution in [3.63, 3.8) is 0 Å². The zero-order valence-corrected chi connectivity index (χ0v) is 20.3. The number of carbonyl (C=O) groups is 3. The van der Waals surface area contributed by atoms with Gasteiger partial charge in [-0.05, 0) is 33.5 Å². The molecule has 11 heteroatoms. The van der Waals surface area contributed by atoms with E-state index in [2.05, 4.69) is 10.6 Å². The molecule has 1 unspecified atom stereocenters. The van der Waals surface area contributed by atoms with Crippen molar-refractivity contribution in [2.75, 3.05) is 32.6 Å². The first-order valence-electron chi connectivity index (χ1n) is 8.91. The molecule has 2 N–H and O–H groups in total. The molecule has 0 aliphatic carbocycles. The number of nitrogens with zero attached hydrogens (tertiary/aromatic N) is 1. The third-order valence-corrected chi connectivity index (χ3v) is 5.67. The highest BCUT2D eigenvalue weighted by Crippen LogP contribution is 2.38. The number of anilines is 1. The zero-order valence-electron chi connectivity index (χ0n) is 17.2. The Labute approximate surface area is 190 Å². The van der Waals surface area contributed by atoms with E-state index in [1.54, 1.807) is 46.7 Å². The summed E-state index contributed by atoms with van der Waals surface area (Å²) in [5, 5.41) is 5.80. The molecule has 1 rings (SSSR count). The molecule has 1 atom stereocenters. The molecule has 0 saturated heterocycles. The van der Waals surface area contributed by atoms with Crippen molar-refractivity contribution < 1.29 is 19.1 Å². The number of alkyl halides is 3. The van der Waals surface area contributed by atoms with Crippen molar-refractivity contribution in [2.45, 2.75) is 37.7 Å². The van der Waals surface area contributed by atoms with Crippen LogP contribution in [0, 0.1) is 12.8 Å². The van der Waals surface area contributed by atoms with E-state index >= 15 is 0 Å². The van der Waals surface area contributed by atoms with Crippen LogP contribution in [0.25, 0.3) is 0 Å². The highest BCUT2D eigenvalue weighted by atomic mass is 35.6. The number of ketones is 1.